The van der Waals surface area contributed by atoms with E-state index in [0.29, 0.717) is 6.08 Å². The third-order valence-electron chi connectivity index (χ3n) is 5.49. The number of carbonyl (C=O) groups is 5. The van der Waals surface area contributed by atoms with Crippen LogP contribution in [0.25, 0.3) is 0 Å². The number of fused-ring (bicyclic) bond motifs is 1. The van der Waals surface area contributed by atoms with E-state index in [9.17, 15) is 38.0 Å². The molecule has 2 aliphatic heterocycles. The number of aromatic nitrogens is 1. The first-order valence-corrected chi connectivity index (χ1v) is 14.4. The molecule has 0 saturated carbocycles. The Kier molecular flexibility index (Phi) is 11.2. The van der Waals surface area contributed by atoms with Crippen molar-refractivity contribution < 1.29 is 52.2 Å². The number of nitrogens with zero attached hydrogens (tertiary/aromatic N) is 3. The van der Waals surface area contributed by atoms with Gasteiger partial charge in [0.2, 0.25) is 12.2 Å². The number of oxime groups is 1. The molecule has 2 aliphatic rings. The van der Waals surface area contributed by atoms with Crippen molar-refractivity contribution in [2.75, 3.05) is 11.1 Å². The number of halogens is 2. The molecule has 234 valence electrons. The van der Waals surface area contributed by atoms with Gasteiger partial charge in [-0.25, -0.2) is 23.4 Å². The van der Waals surface area contributed by atoms with Crippen molar-refractivity contribution >= 4 is 63.8 Å². The predicted molar refractivity (Wildman–Crippen MR) is 148 cm³/mol. The normalized spacial score (nSPS) is 20.0. The quantitative estimate of drug-likeness (QED) is 0.0673. The second kappa shape index (κ2) is 14.4. The number of β-lactam (4-membered cyclic amide) rings is 1. The molecule has 1 aromatic heterocycles. The molecular formula is C24H28F2N6O9S2. The lowest BCUT2D eigenvalue weighted by atomic mass is 10.0. The first-order valence-electron chi connectivity index (χ1n) is 12.5. The zero-order chi connectivity index (χ0) is 32.0. The van der Waals surface area contributed by atoms with Crippen LogP contribution in [-0.2, 0) is 33.4 Å². The van der Waals surface area contributed by atoms with Gasteiger partial charge in [0.05, 0.1) is 12.1 Å². The van der Waals surface area contributed by atoms with Gasteiger partial charge in [0.1, 0.15) is 22.8 Å². The number of carbonyl (C=O) groups excluding carboxylic acids is 5. The Morgan fingerprint density at radius 1 is 1.21 bits per heavy atom. The highest BCUT2D eigenvalue weighted by Crippen LogP contribution is 2.41. The van der Waals surface area contributed by atoms with Gasteiger partial charge in [-0.3, -0.25) is 19.3 Å². The summed E-state index contributed by atoms with van der Waals surface area (Å²) in [6, 6.07) is -2.05. The van der Waals surface area contributed by atoms with E-state index >= 15 is 0 Å². The largest absolute Gasteiger partial charge is 0.511 e. The van der Waals surface area contributed by atoms with Gasteiger partial charge in [-0.15, -0.1) is 23.1 Å². The molecule has 3 heterocycles. The molecule has 19 heteroatoms. The van der Waals surface area contributed by atoms with Crippen LogP contribution in [0.5, 0.6) is 0 Å². The van der Waals surface area contributed by atoms with Crippen LogP contribution in [0, 0.1) is 0 Å². The Balaban J connectivity index is 1.76. The molecule has 1 unspecified atom stereocenters. The highest BCUT2D eigenvalue weighted by Gasteiger charge is 2.54. The van der Waals surface area contributed by atoms with E-state index in [1.165, 1.54) is 19.2 Å². The summed E-state index contributed by atoms with van der Waals surface area (Å²) in [7, 11) is 0. The second-order valence-corrected chi connectivity index (χ2v) is 11.2. The lowest BCUT2D eigenvalue weighted by Crippen LogP contribution is -2.71. The fraction of sp³-hybridized carbons (Fsp3) is 0.458. The van der Waals surface area contributed by atoms with Gasteiger partial charge in [0.25, 0.3) is 18.2 Å². The minimum absolute atomic E-state index is 0.0306. The first-order chi connectivity index (χ1) is 20.2. The van der Waals surface area contributed by atoms with Crippen LogP contribution in [0.4, 0.5) is 18.7 Å². The summed E-state index contributed by atoms with van der Waals surface area (Å²) in [6.07, 6.45) is -4.45. The van der Waals surface area contributed by atoms with E-state index in [1.807, 2.05) is 0 Å². The number of nitrogens with one attached hydrogen (secondary N) is 2. The fourth-order valence-electron chi connectivity index (χ4n) is 3.62. The monoisotopic (exact) mass is 646 g/mol. The number of anilines is 1. The third-order valence-corrected chi connectivity index (χ3v) is 7.55. The highest BCUT2D eigenvalue weighted by molar-refractivity contribution is 8.00. The standard InChI is InChI=1S/C24H28F2N6O9S2/c1-9(2)39-24(37)41-11(4)40-22(36)17-12(5-6-14(25)26)7-42-21-16(20(35)32(17)21)29-19(34)15(31-38)13-8-43-23(28-13)30-18(33)10(3)27/h5-6,8-11,14,16,21,38H,7,27H2,1-4H3,(H,29,34)(H,28,30,33)/b6-5+,31-15-/t10-,11?,16+,21+/m0/s1. The van der Waals surface area contributed by atoms with Gasteiger partial charge in [-0.05, 0) is 32.4 Å². The summed E-state index contributed by atoms with van der Waals surface area (Å²) in [4.78, 5) is 67.7. The molecule has 0 radical (unpaired) electrons. The van der Waals surface area contributed by atoms with Crippen molar-refractivity contribution in [1.82, 2.24) is 15.2 Å². The molecule has 1 saturated heterocycles. The molecular weight excluding hydrogens is 618 g/mol. The number of thioether (sulfide) groups is 1. The van der Waals surface area contributed by atoms with E-state index < -0.39 is 71.8 Å². The summed E-state index contributed by atoms with van der Waals surface area (Å²) in [5, 5.41) is 17.8. The molecule has 3 rings (SSSR count). The average Bonchev–Trinajstić information content (AvgIpc) is 3.37. The number of esters is 1. The van der Waals surface area contributed by atoms with Gasteiger partial charge in [-0.1, -0.05) is 11.2 Å². The number of hydrogen-bond acceptors (Lipinski definition) is 14. The number of ether oxygens (including phenoxy) is 3. The number of thiazole rings is 1. The molecule has 0 spiro atoms. The van der Waals surface area contributed by atoms with Crippen LogP contribution in [0.1, 0.15) is 33.4 Å². The van der Waals surface area contributed by atoms with Gasteiger partial charge in [0.15, 0.2) is 10.8 Å². The maximum absolute atomic E-state index is 13.2. The molecule has 1 aromatic rings. The van der Waals surface area contributed by atoms with E-state index in [-0.39, 0.29) is 27.8 Å². The van der Waals surface area contributed by atoms with Crippen LogP contribution in [0.15, 0.2) is 34.0 Å². The Morgan fingerprint density at radius 3 is 2.51 bits per heavy atom. The van der Waals surface area contributed by atoms with Gasteiger partial charge < -0.3 is 35.8 Å². The Morgan fingerprint density at radius 2 is 1.91 bits per heavy atom. The van der Waals surface area contributed by atoms with Crippen molar-refractivity contribution in [2.45, 2.75) is 64.0 Å². The minimum atomic E-state index is -2.85. The van der Waals surface area contributed by atoms with Crippen molar-refractivity contribution in [3.63, 3.8) is 0 Å². The van der Waals surface area contributed by atoms with Crippen molar-refractivity contribution in [3.8, 4) is 0 Å². The number of rotatable bonds is 11. The maximum Gasteiger partial charge on any atom is 0.511 e. The molecule has 0 aliphatic carbocycles. The smallest absolute Gasteiger partial charge is 0.431 e. The number of alkyl halides is 2. The summed E-state index contributed by atoms with van der Waals surface area (Å²) in [6.45, 7) is 5.81. The summed E-state index contributed by atoms with van der Waals surface area (Å²) < 4.78 is 40.6. The van der Waals surface area contributed by atoms with Crippen molar-refractivity contribution in [2.24, 2.45) is 10.9 Å². The molecule has 43 heavy (non-hydrogen) atoms. The SMILES string of the molecule is CC(C)OC(=O)OC(C)OC(=O)C1=C(/C=C/C(F)F)CS[C@@H]2[C@H](NC(=O)/C(=N\O)c3csc(NC(=O)[C@H](C)N)n3)C(=O)N12. The van der Waals surface area contributed by atoms with E-state index in [2.05, 4.69) is 20.8 Å². The lowest BCUT2D eigenvalue weighted by Gasteiger charge is -2.49. The molecule has 4 atom stereocenters. The van der Waals surface area contributed by atoms with Gasteiger partial charge in [-0.2, -0.15) is 0 Å². The van der Waals surface area contributed by atoms with Crippen LogP contribution in [0.3, 0.4) is 0 Å². The first kappa shape index (κ1) is 33.4. The molecule has 5 N–H and O–H groups in total. The maximum atomic E-state index is 13.2. The minimum Gasteiger partial charge on any atom is -0.431 e. The Labute approximate surface area is 251 Å². The number of allylic oxidation sites excluding steroid dienone is 2. The highest BCUT2D eigenvalue weighted by atomic mass is 32.2. The van der Waals surface area contributed by atoms with Crippen LogP contribution in [-0.4, -0.2) is 92.7 Å². The van der Waals surface area contributed by atoms with E-state index in [4.69, 9.17) is 19.9 Å². The van der Waals surface area contributed by atoms with Crippen molar-refractivity contribution in [1.29, 1.82) is 0 Å². The number of nitrogens with two attached hydrogens (primary N) is 1. The molecule has 3 amide bonds. The summed E-state index contributed by atoms with van der Waals surface area (Å²) in [5.41, 5.74) is 4.47. The summed E-state index contributed by atoms with van der Waals surface area (Å²) >= 11 is 1.99. The molecule has 15 nitrogen and oxygen atoms in total. The van der Waals surface area contributed by atoms with Crippen molar-refractivity contribution in [3.05, 3.63) is 34.5 Å². The molecule has 0 bridgehead atoms. The Bertz CT molecular complexity index is 1360. The fourth-order valence-corrected chi connectivity index (χ4v) is 5.63. The third kappa shape index (κ3) is 8.26. The zero-order valence-corrected chi connectivity index (χ0v) is 24.7. The zero-order valence-electron chi connectivity index (χ0n) is 23.1. The second-order valence-electron chi connectivity index (χ2n) is 9.20. The number of hydrogen-bond donors (Lipinski definition) is 4. The van der Waals surface area contributed by atoms with Gasteiger partial charge in [0, 0.05) is 18.1 Å². The molecule has 0 aromatic carbocycles. The van der Waals surface area contributed by atoms with Crippen LogP contribution < -0.4 is 16.4 Å². The van der Waals surface area contributed by atoms with E-state index in [1.54, 1.807) is 13.8 Å². The topological polar surface area (TPSA) is 212 Å². The van der Waals surface area contributed by atoms with Crippen LogP contribution >= 0.6 is 23.1 Å². The van der Waals surface area contributed by atoms with Gasteiger partial charge >= 0.3 is 12.1 Å². The summed E-state index contributed by atoms with van der Waals surface area (Å²) in [5.74, 6) is -3.52. The van der Waals surface area contributed by atoms with E-state index in [0.717, 1.165) is 34.1 Å². The lowest BCUT2D eigenvalue weighted by molar-refractivity contribution is -0.169. The molecule has 1 fully saturated rings. The average molecular weight is 647 g/mol. The van der Waals surface area contributed by atoms with Crippen LogP contribution in [0.2, 0.25) is 0 Å². The predicted octanol–water partition coefficient (Wildman–Crippen LogP) is 1.53. The Hall–Kier alpha value is -4.10. The number of amides is 3.